The second-order valence-electron chi connectivity index (χ2n) is 5.86. The molecule has 0 atom stereocenters. The smallest absolute Gasteiger partial charge is 0.223 e. The lowest BCUT2D eigenvalue weighted by atomic mass is 10.1. The Morgan fingerprint density at radius 3 is 2.70 bits per heavy atom. The van der Waals surface area contributed by atoms with E-state index in [9.17, 15) is 5.26 Å². The number of aromatic nitrogens is 4. The topological polar surface area (TPSA) is 101 Å². The first-order valence-electron chi connectivity index (χ1n) is 8.30. The van der Waals surface area contributed by atoms with Crippen molar-refractivity contribution in [2.24, 2.45) is 0 Å². The van der Waals surface area contributed by atoms with Crippen molar-refractivity contribution in [3.63, 3.8) is 0 Å². The third-order valence-corrected chi connectivity index (χ3v) is 3.89. The number of aryl methyl sites for hydroxylation is 1. The number of imidazole rings is 1. The summed E-state index contributed by atoms with van der Waals surface area (Å²) in [5.41, 5.74) is 3.06. The number of allylic oxidation sites excluding steroid dienone is 1. The van der Waals surface area contributed by atoms with E-state index in [0.717, 1.165) is 16.6 Å². The molecule has 0 aliphatic rings. The number of rotatable bonds is 5. The molecule has 0 radical (unpaired) electrons. The molecular weight excluding hydrogens is 342 g/mol. The fraction of sp³-hybridized carbons (Fsp3) is 0.100. The maximum Gasteiger partial charge on any atom is 0.223 e. The van der Waals surface area contributed by atoms with E-state index < -0.39 is 0 Å². The predicted octanol–water partition coefficient (Wildman–Crippen LogP) is 3.90. The zero-order valence-corrected chi connectivity index (χ0v) is 14.5. The second kappa shape index (κ2) is 7.14. The van der Waals surface area contributed by atoms with Crippen LogP contribution in [-0.2, 0) is 6.61 Å². The molecule has 2 aromatic carbocycles. The van der Waals surface area contributed by atoms with Gasteiger partial charge in [-0.1, -0.05) is 29.4 Å². The van der Waals surface area contributed by atoms with Crippen LogP contribution in [0, 0.1) is 18.3 Å². The molecule has 0 spiro atoms. The number of para-hydroxylation sites is 2. The van der Waals surface area contributed by atoms with Gasteiger partial charge in [-0.15, -0.1) is 0 Å². The average molecular weight is 357 g/mol. The highest BCUT2D eigenvalue weighted by Gasteiger charge is 2.08. The first-order chi connectivity index (χ1) is 13.2. The third-order valence-electron chi connectivity index (χ3n) is 3.89. The number of hydrogen-bond donors (Lipinski definition) is 1. The second-order valence-corrected chi connectivity index (χ2v) is 5.86. The molecule has 2 aromatic heterocycles. The Morgan fingerprint density at radius 2 is 2.00 bits per heavy atom. The molecule has 27 heavy (non-hydrogen) atoms. The number of aromatic amines is 1. The predicted molar refractivity (Wildman–Crippen MR) is 99.4 cm³/mol. The molecule has 7 nitrogen and oxygen atoms in total. The van der Waals surface area contributed by atoms with E-state index in [1.54, 1.807) is 13.0 Å². The van der Waals surface area contributed by atoms with Gasteiger partial charge in [0.25, 0.3) is 0 Å². The largest absolute Gasteiger partial charge is 0.485 e. The first kappa shape index (κ1) is 16.5. The Morgan fingerprint density at radius 1 is 1.19 bits per heavy atom. The van der Waals surface area contributed by atoms with Crippen molar-refractivity contribution in [1.29, 1.82) is 5.26 Å². The molecule has 132 valence electrons. The summed E-state index contributed by atoms with van der Waals surface area (Å²) in [6.45, 7) is 1.96. The van der Waals surface area contributed by atoms with Gasteiger partial charge in [-0.05, 0) is 35.9 Å². The van der Waals surface area contributed by atoms with Gasteiger partial charge < -0.3 is 14.2 Å². The van der Waals surface area contributed by atoms with Crippen LogP contribution in [0.1, 0.15) is 23.1 Å². The number of hydrogen-bond acceptors (Lipinski definition) is 6. The van der Waals surface area contributed by atoms with Crippen LogP contribution in [0.3, 0.4) is 0 Å². The minimum absolute atomic E-state index is 0.231. The minimum Gasteiger partial charge on any atom is -0.485 e. The summed E-state index contributed by atoms with van der Waals surface area (Å²) in [6, 6.07) is 17.3. The van der Waals surface area contributed by atoms with Gasteiger partial charge in [0.15, 0.2) is 6.61 Å². The summed E-state index contributed by atoms with van der Waals surface area (Å²) in [6.07, 6.45) is 1.78. The normalized spacial score (nSPS) is 11.5. The van der Waals surface area contributed by atoms with Crippen LogP contribution >= 0.6 is 0 Å². The van der Waals surface area contributed by atoms with Crippen molar-refractivity contribution in [3.05, 3.63) is 71.6 Å². The Labute approximate surface area is 154 Å². The molecule has 0 saturated heterocycles. The number of H-pyrrole nitrogens is 1. The molecule has 0 amide bonds. The summed E-state index contributed by atoms with van der Waals surface area (Å²) in [5.74, 6) is 2.22. The van der Waals surface area contributed by atoms with Crippen molar-refractivity contribution in [1.82, 2.24) is 20.1 Å². The van der Waals surface area contributed by atoms with Crippen LogP contribution in [-0.4, -0.2) is 20.1 Å². The molecule has 0 aliphatic heterocycles. The lowest BCUT2D eigenvalue weighted by molar-refractivity contribution is 0.285. The van der Waals surface area contributed by atoms with Crippen LogP contribution in [0.4, 0.5) is 0 Å². The van der Waals surface area contributed by atoms with Crippen molar-refractivity contribution in [2.75, 3.05) is 0 Å². The summed E-state index contributed by atoms with van der Waals surface area (Å²) in [4.78, 5) is 11.7. The highest BCUT2D eigenvalue weighted by molar-refractivity contribution is 5.90. The standard InChI is InChI=1S/C20H15N5O2/c1-13-22-19(25-27-13)12-26-16-8-6-14(7-9-16)10-15(11-21)20-23-17-4-2-3-5-18(17)24-20/h2-10H,12H2,1H3,(H,23,24). The Hall–Kier alpha value is -3.92. The lowest BCUT2D eigenvalue weighted by Crippen LogP contribution is -1.97. The number of fused-ring (bicyclic) bond motifs is 1. The average Bonchev–Trinajstić information content (AvgIpc) is 3.31. The van der Waals surface area contributed by atoms with Crippen LogP contribution < -0.4 is 4.74 Å². The van der Waals surface area contributed by atoms with Crippen LogP contribution in [0.15, 0.2) is 53.1 Å². The molecule has 1 N–H and O–H groups in total. The SMILES string of the molecule is Cc1nc(COc2ccc(C=C(C#N)c3nc4ccccc4[nH]3)cc2)no1. The van der Waals surface area contributed by atoms with Crippen LogP contribution in [0.25, 0.3) is 22.7 Å². The van der Waals surface area contributed by atoms with E-state index >= 15 is 0 Å². The van der Waals surface area contributed by atoms with Gasteiger partial charge in [0.2, 0.25) is 11.7 Å². The van der Waals surface area contributed by atoms with E-state index in [4.69, 9.17) is 9.26 Å². The van der Waals surface area contributed by atoms with E-state index in [2.05, 4.69) is 26.2 Å². The fourth-order valence-electron chi connectivity index (χ4n) is 2.61. The van der Waals surface area contributed by atoms with Gasteiger partial charge in [0.05, 0.1) is 16.6 Å². The van der Waals surface area contributed by atoms with E-state index in [0.29, 0.717) is 28.9 Å². The quantitative estimate of drug-likeness (QED) is 0.544. The van der Waals surface area contributed by atoms with Gasteiger partial charge in [-0.2, -0.15) is 10.2 Å². The maximum absolute atomic E-state index is 9.51. The molecule has 4 aromatic rings. The maximum atomic E-state index is 9.51. The highest BCUT2D eigenvalue weighted by atomic mass is 16.5. The summed E-state index contributed by atoms with van der Waals surface area (Å²) in [7, 11) is 0. The van der Waals surface area contributed by atoms with E-state index in [-0.39, 0.29) is 6.61 Å². The Kier molecular flexibility index (Phi) is 4.37. The summed E-state index contributed by atoms with van der Waals surface area (Å²) in [5, 5.41) is 13.3. The third kappa shape index (κ3) is 3.70. The summed E-state index contributed by atoms with van der Waals surface area (Å²) < 4.78 is 10.5. The van der Waals surface area contributed by atoms with Crippen molar-refractivity contribution >= 4 is 22.7 Å². The van der Waals surface area contributed by atoms with Gasteiger partial charge >= 0.3 is 0 Å². The highest BCUT2D eigenvalue weighted by Crippen LogP contribution is 2.21. The molecule has 0 fully saturated rings. The Balaban J connectivity index is 1.50. The van der Waals surface area contributed by atoms with Crippen LogP contribution in [0.2, 0.25) is 0 Å². The zero-order chi connectivity index (χ0) is 18.6. The van der Waals surface area contributed by atoms with Crippen LogP contribution in [0.5, 0.6) is 5.75 Å². The minimum atomic E-state index is 0.231. The zero-order valence-electron chi connectivity index (χ0n) is 14.5. The molecule has 0 aliphatic carbocycles. The fourth-order valence-corrected chi connectivity index (χ4v) is 2.61. The number of nitrogens with one attached hydrogen (secondary N) is 1. The van der Waals surface area contributed by atoms with Gasteiger partial charge in [-0.3, -0.25) is 0 Å². The van der Waals surface area contributed by atoms with Gasteiger partial charge in [0, 0.05) is 6.92 Å². The molecule has 2 heterocycles. The van der Waals surface area contributed by atoms with Crippen molar-refractivity contribution in [3.8, 4) is 11.8 Å². The van der Waals surface area contributed by atoms with Crippen molar-refractivity contribution in [2.45, 2.75) is 13.5 Å². The molecule has 4 rings (SSSR count). The number of nitrogens with zero attached hydrogens (tertiary/aromatic N) is 4. The van der Waals surface area contributed by atoms with Gasteiger partial charge in [-0.25, -0.2) is 4.98 Å². The lowest BCUT2D eigenvalue weighted by Gasteiger charge is -2.03. The van der Waals surface area contributed by atoms with E-state index in [1.165, 1.54) is 0 Å². The number of ether oxygens (including phenoxy) is 1. The number of benzene rings is 2. The number of nitriles is 1. The Bertz CT molecular complexity index is 1120. The molecule has 0 saturated carbocycles. The molecule has 7 heteroatoms. The van der Waals surface area contributed by atoms with E-state index in [1.807, 2.05) is 48.5 Å². The summed E-state index contributed by atoms with van der Waals surface area (Å²) >= 11 is 0. The first-order valence-corrected chi connectivity index (χ1v) is 8.30. The monoisotopic (exact) mass is 357 g/mol. The molecule has 0 bridgehead atoms. The van der Waals surface area contributed by atoms with Crippen molar-refractivity contribution < 1.29 is 9.26 Å². The molecule has 0 unspecified atom stereocenters. The molecular formula is C20H15N5O2. The van der Waals surface area contributed by atoms with Gasteiger partial charge in [0.1, 0.15) is 17.6 Å².